The van der Waals surface area contributed by atoms with E-state index in [9.17, 15) is 14.4 Å². The lowest BCUT2D eigenvalue weighted by Crippen LogP contribution is -2.30. The van der Waals surface area contributed by atoms with Gasteiger partial charge in [-0.25, -0.2) is 0 Å². The Bertz CT molecular complexity index is 1520. The van der Waals surface area contributed by atoms with Gasteiger partial charge in [-0.15, -0.1) is 0 Å². The van der Waals surface area contributed by atoms with Crippen LogP contribution in [-0.4, -0.2) is 37.2 Å². The van der Waals surface area contributed by atoms with Gasteiger partial charge in [-0.2, -0.15) is 0 Å². The number of unbranched alkanes of at least 4 members (excludes halogenated alkanes) is 27. The van der Waals surface area contributed by atoms with E-state index < -0.39 is 6.10 Å². The molecule has 0 aromatic heterocycles. The molecule has 428 valence electrons. The van der Waals surface area contributed by atoms with Crippen molar-refractivity contribution in [1.82, 2.24) is 0 Å². The molecular formula is C69H116O6. The molecule has 0 aliphatic carbocycles. The number of hydrogen-bond acceptors (Lipinski definition) is 6. The van der Waals surface area contributed by atoms with Gasteiger partial charge in [0.15, 0.2) is 6.10 Å². The summed E-state index contributed by atoms with van der Waals surface area (Å²) in [5.74, 6) is -1.01. The second kappa shape index (κ2) is 62.6. The molecule has 0 aliphatic heterocycles. The third-order valence-corrected chi connectivity index (χ3v) is 13.3. The first-order valence-corrected chi connectivity index (χ1v) is 31.4. The first kappa shape index (κ1) is 71.1. The van der Waals surface area contributed by atoms with Gasteiger partial charge >= 0.3 is 17.9 Å². The number of carbonyl (C=O) groups excluding carboxylic acids is 3. The molecule has 0 amide bonds. The van der Waals surface area contributed by atoms with Crippen molar-refractivity contribution in [3.05, 3.63) is 109 Å². The molecule has 6 nitrogen and oxygen atoms in total. The van der Waals surface area contributed by atoms with Gasteiger partial charge in [-0.05, 0) is 96.3 Å². The van der Waals surface area contributed by atoms with Crippen LogP contribution in [0.1, 0.15) is 290 Å². The maximum atomic E-state index is 12.9. The monoisotopic (exact) mass is 1040 g/mol. The van der Waals surface area contributed by atoms with Crippen molar-refractivity contribution in [3.63, 3.8) is 0 Å². The molecule has 75 heavy (non-hydrogen) atoms. The number of allylic oxidation sites excluding steroid dienone is 18. The number of esters is 3. The van der Waals surface area contributed by atoms with Gasteiger partial charge in [0.05, 0.1) is 0 Å². The molecule has 1 atom stereocenters. The average Bonchev–Trinajstić information content (AvgIpc) is 3.41. The molecule has 0 saturated heterocycles. The number of ether oxygens (including phenoxy) is 3. The summed E-state index contributed by atoms with van der Waals surface area (Å²) in [6, 6.07) is 0. The zero-order valence-corrected chi connectivity index (χ0v) is 49.0. The van der Waals surface area contributed by atoms with E-state index in [0.29, 0.717) is 12.8 Å². The van der Waals surface area contributed by atoms with E-state index >= 15 is 0 Å². The van der Waals surface area contributed by atoms with E-state index in [1.165, 1.54) is 141 Å². The van der Waals surface area contributed by atoms with Crippen molar-refractivity contribution in [3.8, 4) is 0 Å². The fourth-order valence-electron chi connectivity index (χ4n) is 8.59. The molecular weight excluding hydrogens is 925 g/mol. The van der Waals surface area contributed by atoms with Crippen molar-refractivity contribution in [2.24, 2.45) is 0 Å². The maximum Gasteiger partial charge on any atom is 0.306 e. The van der Waals surface area contributed by atoms with Crippen LogP contribution in [0, 0.1) is 0 Å². The van der Waals surface area contributed by atoms with Gasteiger partial charge < -0.3 is 14.2 Å². The fraction of sp³-hybridized carbons (Fsp3) is 0.696. The van der Waals surface area contributed by atoms with Gasteiger partial charge in [0.25, 0.3) is 0 Å². The molecule has 0 fully saturated rings. The third-order valence-electron chi connectivity index (χ3n) is 13.3. The summed E-state index contributed by atoms with van der Waals surface area (Å²) in [6.45, 7) is 6.44. The van der Waals surface area contributed by atoms with Crippen molar-refractivity contribution >= 4 is 17.9 Å². The number of carbonyl (C=O) groups is 3. The second-order valence-electron chi connectivity index (χ2n) is 20.6. The SMILES string of the molecule is CC/C=C\C/C=C\C/C=C\C/C=C\CCCCCCC(=O)O[C@H](COC(=O)CC/C=C\C/C=C\C/C=C\C/C=C\C/C=C\CCCCC)COC(=O)CCCCCCCCCCCCCCCCCCCCCCC. The second-order valence-corrected chi connectivity index (χ2v) is 20.6. The maximum absolute atomic E-state index is 12.9. The molecule has 0 rings (SSSR count). The topological polar surface area (TPSA) is 78.9 Å². The molecule has 0 spiro atoms. The zero-order chi connectivity index (χ0) is 54.3. The molecule has 0 unspecified atom stereocenters. The Morgan fingerprint density at radius 1 is 0.280 bits per heavy atom. The zero-order valence-electron chi connectivity index (χ0n) is 49.0. The summed E-state index contributed by atoms with van der Waals surface area (Å²) in [7, 11) is 0. The Morgan fingerprint density at radius 3 is 0.920 bits per heavy atom. The van der Waals surface area contributed by atoms with E-state index in [1.54, 1.807) is 0 Å². The highest BCUT2D eigenvalue weighted by Gasteiger charge is 2.19. The molecule has 6 heteroatoms. The van der Waals surface area contributed by atoms with Crippen molar-refractivity contribution < 1.29 is 28.6 Å². The summed E-state index contributed by atoms with van der Waals surface area (Å²) in [6.07, 6.45) is 85.3. The van der Waals surface area contributed by atoms with Crippen LogP contribution in [0.4, 0.5) is 0 Å². The smallest absolute Gasteiger partial charge is 0.306 e. The molecule has 0 radical (unpaired) electrons. The van der Waals surface area contributed by atoms with Gasteiger partial charge in [0.2, 0.25) is 0 Å². The molecule has 0 heterocycles. The van der Waals surface area contributed by atoms with Crippen LogP contribution >= 0.6 is 0 Å². The standard InChI is InChI=1S/C69H116O6/c1-4-7-10-13-16-19-22-25-28-31-33-34-36-39-41-44-47-50-53-56-59-62-68(71)74-65-66(75-69(72)63-60-57-54-51-48-45-42-37-30-27-24-21-18-15-12-9-6-3)64-73-67(70)61-58-55-52-49-46-43-40-38-35-32-29-26-23-20-17-14-11-8-5-2/h9,12,17-18,20-21,26-27,29-30,35,38,42-43,45-46,52,55,66H,4-8,10-11,13-16,19,22-25,28,31-34,36-37,39-41,44,47-51,53-54,56-65H2,1-3H3/b12-9-,20-17-,21-18-,29-26-,30-27-,38-35-,45-42-,46-43-,55-52-/t66-/m1/s1. The number of rotatable bonds is 56. The van der Waals surface area contributed by atoms with Crippen LogP contribution in [0.2, 0.25) is 0 Å². The first-order valence-electron chi connectivity index (χ1n) is 31.4. The minimum atomic E-state index is -0.823. The Hall–Kier alpha value is -3.93. The van der Waals surface area contributed by atoms with E-state index in [-0.39, 0.29) is 44.0 Å². The van der Waals surface area contributed by atoms with Crippen LogP contribution < -0.4 is 0 Å². The Morgan fingerprint density at radius 2 is 0.547 bits per heavy atom. The van der Waals surface area contributed by atoms with Crippen LogP contribution in [0.15, 0.2) is 109 Å². The van der Waals surface area contributed by atoms with Crippen molar-refractivity contribution in [1.29, 1.82) is 0 Å². The summed E-state index contributed by atoms with van der Waals surface area (Å²) in [4.78, 5) is 38.3. The normalized spacial score (nSPS) is 12.8. The lowest BCUT2D eigenvalue weighted by atomic mass is 10.0. The number of hydrogen-bond donors (Lipinski definition) is 0. The summed E-state index contributed by atoms with van der Waals surface area (Å²) >= 11 is 0. The lowest BCUT2D eigenvalue weighted by molar-refractivity contribution is -0.166. The van der Waals surface area contributed by atoms with Gasteiger partial charge in [0.1, 0.15) is 13.2 Å². The largest absolute Gasteiger partial charge is 0.462 e. The molecule has 0 aromatic carbocycles. The van der Waals surface area contributed by atoms with E-state index in [4.69, 9.17) is 14.2 Å². The highest BCUT2D eigenvalue weighted by atomic mass is 16.6. The Kier molecular flexibility index (Phi) is 59.3. The van der Waals surface area contributed by atoms with Crippen LogP contribution in [-0.2, 0) is 28.6 Å². The van der Waals surface area contributed by atoms with Crippen molar-refractivity contribution in [2.75, 3.05) is 13.2 Å². The summed E-state index contributed by atoms with van der Waals surface area (Å²) < 4.78 is 16.8. The molecule has 0 N–H and O–H groups in total. The summed E-state index contributed by atoms with van der Waals surface area (Å²) in [5, 5.41) is 0. The molecule has 0 bridgehead atoms. The van der Waals surface area contributed by atoms with E-state index in [1.807, 2.05) is 6.08 Å². The minimum Gasteiger partial charge on any atom is -0.462 e. The average molecular weight is 1040 g/mol. The van der Waals surface area contributed by atoms with Gasteiger partial charge in [-0.1, -0.05) is 284 Å². The highest BCUT2D eigenvalue weighted by molar-refractivity contribution is 5.71. The van der Waals surface area contributed by atoms with E-state index in [2.05, 4.69) is 124 Å². The van der Waals surface area contributed by atoms with Crippen molar-refractivity contribution in [2.45, 2.75) is 297 Å². The quantitative estimate of drug-likeness (QED) is 0.0261. The minimum absolute atomic E-state index is 0.110. The van der Waals surface area contributed by atoms with Gasteiger partial charge in [0, 0.05) is 19.3 Å². The first-order chi connectivity index (χ1) is 37.0. The predicted octanol–water partition coefficient (Wildman–Crippen LogP) is 21.4. The van der Waals surface area contributed by atoms with E-state index in [0.717, 1.165) is 103 Å². The summed E-state index contributed by atoms with van der Waals surface area (Å²) in [5.41, 5.74) is 0. The third kappa shape index (κ3) is 60.8. The molecule has 0 saturated carbocycles. The Balaban J connectivity index is 4.49. The highest BCUT2D eigenvalue weighted by Crippen LogP contribution is 2.16. The predicted molar refractivity (Wildman–Crippen MR) is 325 cm³/mol. The van der Waals surface area contributed by atoms with Crippen LogP contribution in [0.25, 0.3) is 0 Å². The Labute approximate surface area is 463 Å². The lowest BCUT2D eigenvalue weighted by Gasteiger charge is -2.18. The molecule has 0 aromatic rings. The van der Waals surface area contributed by atoms with Gasteiger partial charge in [-0.3, -0.25) is 14.4 Å². The molecule has 0 aliphatic rings. The van der Waals surface area contributed by atoms with Crippen LogP contribution in [0.3, 0.4) is 0 Å². The fourth-order valence-corrected chi connectivity index (χ4v) is 8.59. The van der Waals surface area contributed by atoms with Crippen LogP contribution in [0.5, 0.6) is 0 Å².